The molecule has 7 fully saturated rings. The fourth-order valence-electron chi connectivity index (χ4n) is 13.1. The van der Waals surface area contributed by atoms with E-state index < -0.39 is 85.4 Å². The van der Waals surface area contributed by atoms with E-state index in [4.69, 9.17) is 37.9 Å². The first-order chi connectivity index (χ1) is 27.0. The van der Waals surface area contributed by atoms with E-state index in [1.165, 1.54) is 6.92 Å². The van der Waals surface area contributed by atoms with Crippen molar-refractivity contribution in [2.45, 2.75) is 204 Å². The Morgan fingerprint density at radius 3 is 2.09 bits per heavy atom. The molecular weight excluding hydrogens is 740 g/mol. The minimum Gasteiger partial charge on any atom is -0.459 e. The summed E-state index contributed by atoms with van der Waals surface area (Å²) in [5.41, 5.74) is 0.145. The van der Waals surface area contributed by atoms with E-state index in [1.807, 2.05) is 6.92 Å². The van der Waals surface area contributed by atoms with Crippen LogP contribution in [-0.4, -0.2) is 124 Å². The Bertz CT molecular complexity index is 1500. The van der Waals surface area contributed by atoms with Crippen LogP contribution in [0.5, 0.6) is 0 Å². The maximum absolute atomic E-state index is 12.6. The number of cyclic esters (lactones) is 1. The molecule has 8 aliphatic rings. The number of aliphatic hydroxyl groups excluding tert-OH is 3. The molecule has 8 rings (SSSR count). The van der Waals surface area contributed by atoms with Crippen LogP contribution >= 0.6 is 0 Å². The molecule has 20 atom stereocenters. The number of carbonyl (C=O) groups is 2. The van der Waals surface area contributed by atoms with Crippen molar-refractivity contribution in [3.05, 3.63) is 11.6 Å². The zero-order valence-electron chi connectivity index (χ0n) is 34.5. The van der Waals surface area contributed by atoms with Gasteiger partial charge in [-0.15, -0.1) is 0 Å². The molecule has 0 aromatic carbocycles. The zero-order valence-corrected chi connectivity index (χ0v) is 34.5. The van der Waals surface area contributed by atoms with Crippen molar-refractivity contribution >= 4 is 11.9 Å². The number of carbonyl (C=O) groups excluding carboxylic acids is 2. The number of hydrogen-bond donors (Lipinski definition) is 4. The fourth-order valence-corrected chi connectivity index (χ4v) is 13.1. The highest BCUT2D eigenvalue weighted by atomic mass is 16.7. The first-order valence-corrected chi connectivity index (χ1v) is 21.7. The van der Waals surface area contributed by atoms with Crippen LogP contribution in [0.3, 0.4) is 0 Å². The third-order valence-electron chi connectivity index (χ3n) is 16.2. The Balaban J connectivity index is 0.863. The number of ether oxygens (including phenoxy) is 8. The van der Waals surface area contributed by atoms with Crippen LogP contribution in [0.2, 0.25) is 0 Å². The molecule has 14 nitrogen and oxygen atoms in total. The first-order valence-electron chi connectivity index (χ1n) is 21.7. The minimum atomic E-state index is -1.01. The molecule has 0 radical (unpaired) electrons. The average molecular weight is 807 g/mol. The van der Waals surface area contributed by atoms with Crippen molar-refractivity contribution in [1.29, 1.82) is 0 Å². The van der Waals surface area contributed by atoms with Gasteiger partial charge in [-0.25, -0.2) is 4.79 Å². The highest BCUT2D eigenvalue weighted by Gasteiger charge is 2.68. The summed E-state index contributed by atoms with van der Waals surface area (Å²) >= 11 is 0. The van der Waals surface area contributed by atoms with Crippen LogP contribution in [0.4, 0.5) is 0 Å². The van der Waals surface area contributed by atoms with E-state index in [1.54, 1.807) is 19.9 Å². The third kappa shape index (κ3) is 7.65. The van der Waals surface area contributed by atoms with Gasteiger partial charge in [-0.3, -0.25) is 4.79 Å². The van der Waals surface area contributed by atoms with Crippen molar-refractivity contribution in [2.75, 3.05) is 6.61 Å². The SMILES string of the molecule is CC(=O)OC1CC(OC2CCC3(C)C(CCC4C3CCC3(C)C(C5=CC(=O)OC5)CCC43O)C2)OC(C)C1OC1CC(O)C(OC2CC(O)C(O)C(C)O2)C(C)O1. The van der Waals surface area contributed by atoms with E-state index >= 15 is 0 Å². The maximum Gasteiger partial charge on any atom is 0.331 e. The van der Waals surface area contributed by atoms with Gasteiger partial charge in [0.15, 0.2) is 18.9 Å². The molecule has 14 heteroatoms. The summed E-state index contributed by atoms with van der Waals surface area (Å²) < 4.78 is 48.6. The Morgan fingerprint density at radius 1 is 0.754 bits per heavy atom. The van der Waals surface area contributed by atoms with E-state index in [-0.39, 0.29) is 47.6 Å². The zero-order chi connectivity index (χ0) is 40.6. The van der Waals surface area contributed by atoms with Gasteiger partial charge in [0.25, 0.3) is 0 Å². The molecule has 57 heavy (non-hydrogen) atoms. The molecule has 4 saturated carbocycles. The van der Waals surface area contributed by atoms with Gasteiger partial charge in [-0.1, -0.05) is 13.8 Å². The summed E-state index contributed by atoms with van der Waals surface area (Å²) in [5, 5.41) is 44.0. The molecule has 20 unspecified atom stereocenters. The van der Waals surface area contributed by atoms with Crippen LogP contribution in [-0.2, 0) is 47.5 Å². The van der Waals surface area contributed by atoms with Crippen molar-refractivity contribution in [3.8, 4) is 0 Å². The topological polar surface area (TPSA) is 189 Å². The Kier molecular flexibility index (Phi) is 11.8. The van der Waals surface area contributed by atoms with Gasteiger partial charge in [0, 0.05) is 37.7 Å². The highest BCUT2D eigenvalue weighted by Crippen LogP contribution is 2.70. The van der Waals surface area contributed by atoms with Crippen molar-refractivity contribution in [3.63, 3.8) is 0 Å². The van der Waals surface area contributed by atoms with Crippen LogP contribution in [0.25, 0.3) is 0 Å². The average Bonchev–Trinajstić information content (AvgIpc) is 3.69. The number of esters is 2. The largest absolute Gasteiger partial charge is 0.459 e. The van der Waals surface area contributed by atoms with Gasteiger partial charge in [0.1, 0.15) is 31.0 Å². The molecule has 322 valence electrons. The molecule has 0 bridgehead atoms. The van der Waals surface area contributed by atoms with E-state index in [9.17, 15) is 30.0 Å². The van der Waals surface area contributed by atoms with Crippen molar-refractivity contribution in [1.82, 2.24) is 0 Å². The van der Waals surface area contributed by atoms with Crippen LogP contribution in [0, 0.1) is 34.5 Å². The second-order valence-electron chi connectivity index (χ2n) is 19.3. The predicted octanol–water partition coefficient (Wildman–Crippen LogP) is 3.82. The summed E-state index contributed by atoms with van der Waals surface area (Å²) in [4.78, 5) is 24.3. The number of aliphatic hydroxyl groups is 4. The smallest absolute Gasteiger partial charge is 0.331 e. The summed E-state index contributed by atoms with van der Waals surface area (Å²) in [5.74, 6) is 0.606. The van der Waals surface area contributed by atoms with Crippen LogP contribution in [0.15, 0.2) is 11.6 Å². The fraction of sp³-hybridized carbons (Fsp3) is 0.907. The summed E-state index contributed by atoms with van der Waals surface area (Å²) in [6, 6.07) is 0. The molecule has 4 aliphatic heterocycles. The lowest BCUT2D eigenvalue weighted by Gasteiger charge is -2.64. The van der Waals surface area contributed by atoms with Gasteiger partial charge < -0.3 is 58.3 Å². The highest BCUT2D eigenvalue weighted by molar-refractivity contribution is 5.85. The third-order valence-corrected chi connectivity index (χ3v) is 16.2. The first kappa shape index (κ1) is 42.0. The summed E-state index contributed by atoms with van der Waals surface area (Å²) in [7, 11) is 0. The lowest BCUT2D eigenvalue weighted by atomic mass is 9.43. The molecule has 0 aromatic rings. The Hall–Kier alpha value is -1.72. The molecule has 0 amide bonds. The number of rotatable bonds is 8. The van der Waals surface area contributed by atoms with E-state index in [2.05, 4.69) is 13.8 Å². The van der Waals surface area contributed by atoms with E-state index in [0.29, 0.717) is 24.9 Å². The molecule has 4 N–H and O–H groups in total. The lowest BCUT2D eigenvalue weighted by molar-refractivity contribution is -0.336. The number of fused-ring (bicyclic) bond motifs is 5. The molecule has 0 aromatic heterocycles. The summed E-state index contributed by atoms with van der Waals surface area (Å²) in [6.07, 6.45) is 1.61. The second-order valence-corrected chi connectivity index (χ2v) is 19.3. The van der Waals surface area contributed by atoms with Gasteiger partial charge in [-0.2, -0.15) is 0 Å². The Morgan fingerprint density at radius 2 is 1.42 bits per heavy atom. The lowest BCUT2D eigenvalue weighted by Crippen LogP contribution is -2.62. The quantitative estimate of drug-likeness (QED) is 0.205. The summed E-state index contributed by atoms with van der Waals surface area (Å²) in [6.45, 7) is 11.7. The predicted molar refractivity (Wildman–Crippen MR) is 201 cm³/mol. The number of hydrogen-bond acceptors (Lipinski definition) is 14. The van der Waals surface area contributed by atoms with Gasteiger partial charge >= 0.3 is 11.9 Å². The maximum atomic E-state index is 12.6. The minimum absolute atomic E-state index is 0.0120. The standard InChI is InChI=1S/C43H66O14/c1-21-38(48)31(45)17-35(51-21)56-39-22(2)52-36(18-32(39)46)57-40-23(3)53-37(19-33(40)54-24(4)44)55-27-9-12-41(5)26(16-27)7-8-30-29(41)10-13-42(6)28(11-14-43(30,42)49)25-15-34(47)50-20-25/h15,21-23,26-33,35-40,45-46,48-49H,7-14,16-20H2,1-6H3. The van der Waals surface area contributed by atoms with Gasteiger partial charge in [-0.05, 0) is 113 Å². The van der Waals surface area contributed by atoms with E-state index in [0.717, 1.165) is 63.4 Å². The van der Waals surface area contributed by atoms with Crippen molar-refractivity contribution in [2.24, 2.45) is 34.5 Å². The van der Waals surface area contributed by atoms with Crippen LogP contribution < -0.4 is 0 Å². The van der Waals surface area contributed by atoms with Crippen molar-refractivity contribution < 1.29 is 67.9 Å². The molecule has 4 heterocycles. The molecule has 3 saturated heterocycles. The van der Waals surface area contributed by atoms with Gasteiger partial charge in [0.05, 0.1) is 42.2 Å². The second kappa shape index (κ2) is 16.0. The molecular formula is C43H66O14. The van der Waals surface area contributed by atoms with Crippen LogP contribution in [0.1, 0.15) is 119 Å². The Labute approximate surface area is 336 Å². The van der Waals surface area contributed by atoms with Gasteiger partial charge in [0.2, 0.25) is 0 Å². The monoisotopic (exact) mass is 806 g/mol. The molecule has 0 spiro atoms. The molecule has 4 aliphatic carbocycles. The normalized spacial score (nSPS) is 52.6.